The molecule has 1 aromatic carbocycles. The SMILES string of the molecule is CCC(=NO)c1ccc(CCC(N)(CO)CO)cc1.Cl. The summed E-state index contributed by atoms with van der Waals surface area (Å²) in [7, 11) is 0. The molecule has 0 aliphatic rings. The molecule has 0 saturated heterocycles. The fraction of sp³-hybridized carbons (Fsp3) is 0.500. The first-order valence-corrected chi connectivity index (χ1v) is 6.39. The third kappa shape index (κ3) is 5.09. The van der Waals surface area contributed by atoms with Crippen LogP contribution in [0.2, 0.25) is 0 Å². The van der Waals surface area contributed by atoms with Gasteiger partial charge in [-0.15, -0.1) is 12.4 Å². The second-order valence-electron chi connectivity index (χ2n) is 4.78. The van der Waals surface area contributed by atoms with Crippen molar-refractivity contribution in [2.75, 3.05) is 13.2 Å². The van der Waals surface area contributed by atoms with Crippen LogP contribution in [0.4, 0.5) is 0 Å². The first-order valence-electron chi connectivity index (χ1n) is 6.39. The molecule has 20 heavy (non-hydrogen) atoms. The molecule has 0 atom stereocenters. The smallest absolute Gasteiger partial charge is 0.0865 e. The van der Waals surface area contributed by atoms with Crippen LogP contribution in [-0.2, 0) is 6.42 Å². The van der Waals surface area contributed by atoms with Crippen molar-refractivity contribution in [2.24, 2.45) is 10.9 Å². The summed E-state index contributed by atoms with van der Waals surface area (Å²) in [4.78, 5) is 0. The Morgan fingerprint density at radius 1 is 1.20 bits per heavy atom. The van der Waals surface area contributed by atoms with Crippen molar-refractivity contribution in [1.29, 1.82) is 0 Å². The lowest BCUT2D eigenvalue weighted by molar-refractivity contribution is 0.115. The van der Waals surface area contributed by atoms with E-state index in [0.29, 0.717) is 25.0 Å². The number of benzene rings is 1. The van der Waals surface area contributed by atoms with E-state index in [-0.39, 0.29) is 25.6 Å². The van der Waals surface area contributed by atoms with Crippen molar-refractivity contribution < 1.29 is 15.4 Å². The van der Waals surface area contributed by atoms with Crippen molar-refractivity contribution >= 4 is 18.1 Å². The molecule has 0 bridgehead atoms. The van der Waals surface area contributed by atoms with Crippen molar-refractivity contribution in [3.05, 3.63) is 35.4 Å². The maximum absolute atomic E-state index is 9.12. The Morgan fingerprint density at radius 3 is 2.15 bits per heavy atom. The van der Waals surface area contributed by atoms with Crippen LogP contribution in [0, 0.1) is 0 Å². The molecule has 0 radical (unpaired) electrons. The van der Waals surface area contributed by atoms with Crippen molar-refractivity contribution in [2.45, 2.75) is 31.7 Å². The van der Waals surface area contributed by atoms with E-state index in [1.165, 1.54) is 0 Å². The van der Waals surface area contributed by atoms with Gasteiger partial charge in [-0.2, -0.15) is 0 Å². The van der Waals surface area contributed by atoms with Crippen LogP contribution < -0.4 is 5.73 Å². The summed E-state index contributed by atoms with van der Waals surface area (Å²) in [6.45, 7) is 1.45. The standard InChI is InChI=1S/C14H22N2O3.ClH/c1-2-13(16-19)12-5-3-11(4-6-12)7-8-14(15,9-17)10-18;/h3-6,17-19H,2,7-10,15H2,1H3;1H. The molecule has 0 spiro atoms. The van der Waals surface area contributed by atoms with Crippen LogP contribution in [0.3, 0.4) is 0 Å². The van der Waals surface area contributed by atoms with E-state index in [4.69, 9.17) is 21.2 Å². The highest BCUT2D eigenvalue weighted by Gasteiger charge is 2.22. The van der Waals surface area contributed by atoms with Gasteiger partial charge in [0.25, 0.3) is 0 Å². The van der Waals surface area contributed by atoms with Gasteiger partial charge in [0.2, 0.25) is 0 Å². The van der Waals surface area contributed by atoms with E-state index in [1.54, 1.807) is 0 Å². The quantitative estimate of drug-likeness (QED) is 0.347. The topological polar surface area (TPSA) is 99.1 Å². The Labute approximate surface area is 125 Å². The van der Waals surface area contributed by atoms with Crippen LogP contribution in [0.5, 0.6) is 0 Å². The minimum atomic E-state index is -0.931. The molecule has 0 amide bonds. The normalized spacial score (nSPS) is 12.1. The highest BCUT2D eigenvalue weighted by molar-refractivity contribution is 5.99. The molecule has 114 valence electrons. The molecule has 0 saturated carbocycles. The van der Waals surface area contributed by atoms with E-state index in [1.807, 2.05) is 31.2 Å². The molecular formula is C14H23ClN2O3. The maximum atomic E-state index is 9.12. The van der Waals surface area contributed by atoms with Gasteiger partial charge in [-0.1, -0.05) is 36.3 Å². The molecule has 0 aliphatic carbocycles. The van der Waals surface area contributed by atoms with Crippen molar-refractivity contribution in [1.82, 2.24) is 0 Å². The van der Waals surface area contributed by atoms with Crippen LogP contribution in [0.25, 0.3) is 0 Å². The summed E-state index contributed by atoms with van der Waals surface area (Å²) in [5, 5.41) is 30.3. The lowest BCUT2D eigenvalue weighted by Crippen LogP contribution is -2.47. The lowest BCUT2D eigenvalue weighted by atomic mass is 9.93. The number of halogens is 1. The molecule has 5 N–H and O–H groups in total. The second-order valence-corrected chi connectivity index (χ2v) is 4.78. The van der Waals surface area contributed by atoms with Gasteiger partial charge in [-0.3, -0.25) is 0 Å². The van der Waals surface area contributed by atoms with Crippen LogP contribution in [-0.4, -0.2) is 39.9 Å². The molecule has 0 aliphatic heterocycles. The predicted molar refractivity (Wildman–Crippen MR) is 81.7 cm³/mol. The number of aryl methyl sites for hydroxylation is 1. The van der Waals surface area contributed by atoms with E-state index in [2.05, 4.69) is 5.16 Å². The van der Waals surface area contributed by atoms with Crippen molar-refractivity contribution in [3.63, 3.8) is 0 Å². The van der Waals surface area contributed by atoms with Gasteiger partial charge in [0.05, 0.1) is 24.5 Å². The molecule has 0 unspecified atom stereocenters. The Balaban J connectivity index is 0.00000361. The zero-order valence-corrected chi connectivity index (χ0v) is 12.4. The van der Waals surface area contributed by atoms with E-state index >= 15 is 0 Å². The number of aliphatic hydroxyl groups excluding tert-OH is 2. The number of hydrogen-bond donors (Lipinski definition) is 4. The summed E-state index contributed by atoms with van der Waals surface area (Å²) in [6, 6.07) is 7.66. The van der Waals surface area contributed by atoms with Gasteiger partial charge in [0.15, 0.2) is 0 Å². The molecule has 1 aromatic rings. The highest BCUT2D eigenvalue weighted by atomic mass is 35.5. The lowest BCUT2D eigenvalue weighted by Gasteiger charge is -2.24. The van der Waals surface area contributed by atoms with E-state index < -0.39 is 5.54 Å². The number of rotatable bonds is 7. The molecule has 0 fully saturated rings. The van der Waals surface area contributed by atoms with Crippen LogP contribution in [0.1, 0.15) is 30.9 Å². The van der Waals surface area contributed by atoms with E-state index in [0.717, 1.165) is 11.1 Å². The minimum Gasteiger partial charge on any atom is -0.411 e. The Kier molecular flexibility index (Phi) is 8.41. The number of hydrogen-bond acceptors (Lipinski definition) is 5. The molecule has 1 rings (SSSR count). The van der Waals surface area contributed by atoms with Gasteiger partial charge in [-0.05, 0) is 30.4 Å². The largest absolute Gasteiger partial charge is 0.411 e. The number of nitrogens with zero attached hydrogens (tertiary/aromatic N) is 1. The monoisotopic (exact) mass is 302 g/mol. The first kappa shape index (κ1) is 18.9. The summed E-state index contributed by atoms with van der Waals surface area (Å²) >= 11 is 0. The van der Waals surface area contributed by atoms with Gasteiger partial charge >= 0.3 is 0 Å². The second kappa shape index (κ2) is 8.92. The highest BCUT2D eigenvalue weighted by Crippen LogP contribution is 2.13. The number of aliphatic hydroxyl groups is 2. The Morgan fingerprint density at radius 2 is 1.75 bits per heavy atom. The molecule has 0 heterocycles. The number of oxime groups is 1. The zero-order chi connectivity index (χ0) is 14.3. The van der Waals surface area contributed by atoms with Crippen LogP contribution >= 0.6 is 12.4 Å². The molecule has 6 heteroatoms. The summed E-state index contributed by atoms with van der Waals surface area (Å²) in [6.07, 6.45) is 1.85. The predicted octanol–water partition coefficient (Wildman–Crippen LogP) is 1.31. The van der Waals surface area contributed by atoms with E-state index in [9.17, 15) is 0 Å². The minimum absolute atomic E-state index is 0. The van der Waals surface area contributed by atoms with Crippen LogP contribution in [0.15, 0.2) is 29.4 Å². The van der Waals surface area contributed by atoms with Gasteiger partial charge < -0.3 is 21.2 Å². The number of nitrogens with two attached hydrogens (primary N) is 1. The third-order valence-electron chi connectivity index (χ3n) is 3.28. The third-order valence-corrected chi connectivity index (χ3v) is 3.28. The molecular weight excluding hydrogens is 280 g/mol. The fourth-order valence-electron chi connectivity index (χ4n) is 1.80. The van der Waals surface area contributed by atoms with Gasteiger partial charge in [0.1, 0.15) is 0 Å². The average Bonchev–Trinajstić information content (AvgIpc) is 2.47. The van der Waals surface area contributed by atoms with Crippen molar-refractivity contribution in [3.8, 4) is 0 Å². The summed E-state index contributed by atoms with van der Waals surface area (Å²) < 4.78 is 0. The molecule has 0 aromatic heterocycles. The van der Waals surface area contributed by atoms with Gasteiger partial charge in [-0.25, -0.2) is 0 Å². The van der Waals surface area contributed by atoms with Gasteiger partial charge in [0, 0.05) is 0 Å². The zero-order valence-electron chi connectivity index (χ0n) is 11.6. The first-order chi connectivity index (χ1) is 9.08. The fourth-order valence-corrected chi connectivity index (χ4v) is 1.80. The maximum Gasteiger partial charge on any atom is 0.0865 e. The average molecular weight is 303 g/mol. The summed E-state index contributed by atoms with van der Waals surface area (Å²) in [5.41, 5.74) is 7.48. The summed E-state index contributed by atoms with van der Waals surface area (Å²) in [5.74, 6) is 0. The Bertz CT molecular complexity index is 417. The molecule has 5 nitrogen and oxygen atoms in total. The Hall–Kier alpha value is -1.14.